The molecule has 0 amide bonds. The molecule has 0 bridgehead atoms. The smallest absolute Gasteiger partial charge is 0.142 e. The van der Waals surface area contributed by atoms with Crippen LogP contribution in [0.2, 0.25) is 0 Å². The van der Waals surface area contributed by atoms with Crippen LogP contribution < -0.4 is 5.32 Å². The molecule has 1 aromatic carbocycles. The summed E-state index contributed by atoms with van der Waals surface area (Å²) in [6.07, 6.45) is 2.54. The zero-order valence-corrected chi connectivity index (χ0v) is 13.1. The van der Waals surface area contributed by atoms with Crippen LogP contribution in [-0.2, 0) is 10.8 Å². The maximum absolute atomic E-state index is 13.8. The van der Waals surface area contributed by atoms with E-state index in [0.717, 1.165) is 31.5 Å². The van der Waals surface area contributed by atoms with Gasteiger partial charge in [-0.25, -0.2) is 8.78 Å². The average molecular weight is 303 g/mol. The molecular weight excluding hydrogens is 280 g/mol. The van der Waals surface area contributed by atoms with Crippen LogP contribution in [-0.4, -0.2) is 22.0 Å². The summed E-state index contributed by atoms with van der Waals surface area (Å²) in [5, 5.41) is 3.16. The summed E-state index contributed by atoms with van der Waals surface area (Å²) in [6, 6.07) is 3.33. The Kier molecular flexibility index (Phi) is 7.30. The molecule has 1 N–H and O–H groups in total. The number of benzene rings is 1. The minimum atomic E-state index is -1.48. The van der Waals surface area contributed by atoms with Crippen molar-refractivity contribution in [3.8, 4) is 0 Å². The lowest BCUT2D eigenvalue weighted by Crippen LogP contribution is -2.42. The highest BCUT2D eigenvalue weighted by molar-refractivity contribution is 7.85. The number of rotatable bonds is 8. The largest absolute Gasteiger partial charge is 0.313 e. The maximum Gasteiger partial charge on any atom is 0.142 e. The number of hydrogen-bond donors (Lipinski definition) is 1. The summed E-state index contributed by atoms with van der Waals surface area (Å²) in [7, 11) is -1.48. The van der Waals surface area contributed by atoms with Crippen molar-refractivity contribution in [3.63, 3.8) is 0 Å². The molecule has 0 spiro atoms. The zero-order chi connectivity index (χ0) is 15.1. The molecule has 1 aromatic rings. The molecule has 0 aliphatic heterocycles. The van der Waals surface area contributed by atoms with Crippen LogP contribution >= 0.6 is 0 Å². The zero-order valence-electron chi connectivity index (χ0n) is 12.3. The number of nitrogens with one attached hydrogen (secondary N) is 1. The Hall–Kier alpha value is -0.810. The van der Waals surface area contributed by atoms with Crippen LogP contribution in [0, 0.1) is 11.6 Å². The van der Waals surface area contributed by atoms with Gasteiger partial charge < -0.3 is 5.32 Å². The van der Waals surface area contributed by atoms with Crippen LogP contribution in [0.1, 0.15) is 40.0 Å². The van der Waals surface area contributed by atoms with Gasteiger partial charge in [0.15, 0.2) is 0 Å². The van der Waals surface area contributed by atoms with Crippen molar-refractivity contribution < 1.29 is 13.0 Å². The highest BCUT2D eigenvalue weighted by atomic mass is 32.2. The third-order valence-corrected chi connectivity index (χ3v) is 5.28. The molecule has 1 rings (SSSR count). The van der Waals surface area contributed by atoms with Crippen molar-refractivity contribution in [2.24, 2.45) is 0 Å². The van der Waals surface area contributed by atoms with Crippen molar-refractivity contribution in [1.82, 2.24) is 5.32 Å². The lowest BCUT2D eigenvalue weighted by molar-refractivity contribution is 0.456. The molecule has 3 atom stereocenters. The van der Waals surface area contributed by atoms with Crippen molar-refractivity contribution in [2.75, 3.05) is 6.54 Å². The second kappa shape index (κ2) is 8.47. The summed E-state index contributed by atoms with van der Waals surface area (Å²) in [5.41, 5.74) is 0. The van der Waals surface area contributed by atoms with Crippen molar-refractivity contribution >= 4 is 10.8 Å². The third-order valence-electron chi connectivity index (χ3n) is 3.30. The number of hydrogen-bond acceptors (Lipinski definition) is 2. The normalized spacial score (nSPS) is 15.8. The first-order chi connectivity index (χ1) is 9.54. The molecule has 0 fully saturated rings. The first-order valence-corrected chi connectivity index (χ1v) is 8.35. The van der Waals surface area contributed by atoms with Crippen LogP contribution in [0.15, 0.2) is 23.1 Å². The Morgan fingerprint density at radius 3 is 2.45 bits per heavy atom. The highest BCUT2D eigenvalue weighted by Gasteiger charge is 2.27. The molecule has 0 saturated heterocycles. The fourth-order valence-electron chi connectivity index (χ4n) is 2.38. The van der Waals surface area contributed by atoms with Gasteiger partial charge in [-0.2, -0.15) is 0 Å². The van der Waals surface area contributed by atoms with Gasteiger partial charge in [0.1, 0.15) is 11.6 Å². The van der Waals surface area contributed by atoms with E-state index in [0.29, 0.717) is 6.42 Å². The van der Waals surface area contributed by atoms with E-state index in [4.69, 9.17) is 0 Å². The highest BCUT2D eigenvalue weighted by Crippen LogP contribution is 2.22. The van der Waals surface area contributed by atoms with Crippen LogP contribution in [0.25, 0.3) is 0 Å². The lowest BCUT2D eigenvalue weighted by atomic mass is 10.1. The molecule has 20 heavy (non-hydrogen) atoms. The SMILES string of the molecule is CCCC(NCC)C(CC)S(=O)c1ccc(F)cc1F. The van der Waals surface area contributed by atoms with Crippen molar-refractivity contribution in [3.05, 3.63) is 29.8 Å². The second-order valence-corrected chi connectivity index (χ2v) is 6.41. The van der Waals surface area contributed by atoms with Crippen LogP contribution in [0.3, 0.4) is 0 Å². The molecule has 0 aliphatic rings. The average Bonchev–Trinajstić information content (AvgIpc) is 2.39. The molecule has 5 heteroatoms. The summed E-state index contributed by atoms with van der Waals surface area (Å²) in [6.45, 7) is 6.80. The van der Waals surface area contributed by atoms with E-state index in [9.17, 15) is 13.0 Å². The predicted molar refractivity (Wildman–Crippen MR) is 79.2 cm³/mol. The van der Waals surface area contributed by atoms with Crippen LogP contribution in [0.5, 0.6) is 0 Å². The minimum Gasteiger partial charge on any atom is -0.313 e. The standard InChI is InChI=1S/C15H23F2NOS/c1-4-7-13(18-6-3)14(5-2)20(19)15-9-8-11(16)10-12(15)17/h8-10,13-14,18H,4-7H2,1-3H3. The fourth-order valence-corrected chi connectivity index (χ4v) is 3.99. The first kappa shape index (κ1) is 17.2. The van der Waals surface area contributed by atoms with Gasteiger partial charge in [0, 0.05) is 12.1 Å². The van der Waals surface area contributed by atoms with Gasteiger partial charge in [-0.3, -0.25) is 4.21 Å². The Bertz CT molecular complexity index is 447. The van der Waals surface area contributed by atoms with Crippen LogP contribution in [0.4, 0.5) is 8.78 Å². The number of halogens is 2. The van der Waals surface area contributed by atoms with E-state index in [-0.39, 0.29) is 16.2 Å². The molecule has 0 aliphatic carbocycles. The molecule has 3 unspecified atom stereocenters. The van der Waals surface area contributed by atoms with E-state index in [1.165, 1.54) is 6.07 Å². The quantitative estimate of drug-likeness (QED) is 0.794. The van der Waals surface area contributed by atoms with E-state index in [1.54, 1.807) is 0 Å². The van der Waals surface area contributed by atoms with E-state index in [1.807, 2.05) is 13.8 Å². The Balaban J connectivity index is 3.00. The van der Waals surface area contributed by atoms with Gasteiger partial charge in [-0.15, -0.1) is 0 Å². The molecule has 0 heterocycles. The van der Waals surface area contributed by atoms with Crippen molar-refractivity contribution in [2.45, 2.75) is 56.2 Å². The second-order valence-electron chi connectivity index (χ2n) is 4.77. The molecule has 0 saturated carbocycles. The summed E-state index contributed by atoms with van der Waals surface area (Å²) in [5.74, 6) is -1.37. The molecule has 0 aromatic heterocycles. The van der Waals surface area contributed by atoms with Gasteiger partial charge in [0.25, 0.3) is 0 Å². The molecule has 0 radical (unpaired) electrons. The Labute approximate surface area is 122 Å². The Morgan fingerprint density at radius 1 is 1.25 bits per heavy atom. The lowest BCUT2D eigenvalue weighted by Gasteiger charge is -2.26. The third kappa shape index (κ3) is 4.35. The van der Waals surface area contributed by atoms with Gasteiger partial charge in [0.05, 0.1) is 20.9 Å². The molecule has 114 valence electrons. The van der Waals surface area contributed by atoms with Gasteiger partial charge in [-0.05, 0) is 31.5 Å². The van der Waals surface area contributed by atoms with Gasteiger partial charge in [0.2, 0.25) is 0 Å². The monoisotopic (exact) mass is 303 g/mol. The predicted octanol–water partition coefficient (Wildman–Crippen LogP) is 3.63. The summed E-state index contributed by atoms with van der Waals surface area (Å²) >= 11 is 0. The summed E-state index contributed by atoms with van der Waals surface area (Å²) < 4.78 is 39.3. The molecule has 2 nitrogen and oxygen atoms in total. The maximum atomic E-state index is 13.8. The summed E-state index contributed by atoms with van der Waals surface area (Å²) in [4.78, 5) is 0.0947. The van der Waals surface area contributed by atoms with E-state index < -0.39 is 22.4 Å². The first-order valence-electron chi connectivity index (χ1n) is 7.14. The topological polar surface area (TPSA) is 29.1 Å². The molecular formula is C15H23F2NOS. The van der Waals surface area contributed by atoms with Gasteiger partial charge >= 0.3 is 0 Å². The van der Waals surface area contributed by atoms with Crippen molar-refractivity contribution in [1.29, 1.82) is 0 Å². The van der Waals surface area contributed by atoms with E-state index in [2.05, 4.69) is 12.2 Å². The minimum absolute atomic E-state index is 0.0836. The Morgan fingerprint density at radius 2 is 1.95 bits per heavy atom. The fraction of sp³-hybridized carbons (Fsp3) is 0.600. The van der Waals surface area contributed by atoms with E-state index >= 15 is 0 Å². The van der Waals surface area contributed by atoms with Gasteiger partial charge in [-0.1, -0.05) is 27.2 Å².